The van der Waals surface area contributed by atoms with Crippen LogP contribution in [0.2, 0.25) is 0 Å². The summed E-state index contributed by atoms with van der Waals surface area (Å²) in [5.74, 6) is 0.642. The summed E-state index contributed by atoms with van der Waals surface area (Å²) in [6.07, 6.45) is 3.14. The molecule has 0 amide bonds. The van der Waals surface area contributed by atoms with Crippen LogP contribution >= 0.6 is 0 Å². The fourth-order valence-electron chi connectivity index (χ4n) is 9.43. The van der Waals surface area contributed by atoms with Crippen molar-refractivity contribution in [2.75, 3.05) is 0 Å². The molecule has 0 atom stereocenters. The van der Waals surface area contributed by atoms with E-state index in [4.69, 9.17) is 0 Å². The topological polar surface area (TPSA) is 38.7 Å². The third-order valence-corrected chi connectivity index (χ3v) is 21.8. The van der Waals surface area contributed by atoms with Gasteiger partial charge in [0, 0.05) is 5.56 Å². The second-order valence-corrected chi connectivity index (χ2v) is 23.2. The van der Waals surface area contributed by atoms with Crippen molar-refractivity contribution in [2.24, 2.45) is 0 Å². The van der Waals surface area contributed by atoms with Crippen LogP contribution in [0.15, 0.2) is 261 Å². The number of benzene rings is 9. The van der Waals surface area contributed by atoms with E-state index in [1.54, 1.807) is 12.7 Å². The van der Waals surface area contributed by atoms with Crippen LogP contribution in [0.1, 0.15) is 0 Å². The largest absolute Gasteiger partial charge is 0.225 e. The Morgan fingerprint density at radius 3 is 0.742 bits per heavy atom. The summed E-state index contributed by atoms with van der Waals surface area (Å²) >= 11 is 0. The Bertz CT molecular complexity index is 2630. The van der Waals surface area contributed by atoms with Gasteiger partial charge < -0.3 is 0 Å². The van der Waals surface area contributed by atoms with Gasteiger partial charge in [0.15, 0.2) is 22.0 Å². The average molecular weight is 826 g/mol. The maximum atomic E-state index is 4.60. The first-order valence-electron chi connectivity index (χ1n) is 21.1. The van der Waals surface area contributed by atoms with E-state index in [9.17, 15) is 0 Å². The molecule has 10 rings (SSSR count). The van der Waals surface area contributed by atoms with E-state index in [1.807, 2.05) is 0 Å². The molecule has 0 aliphatic rings. The Kier molecular flexibility index (Phi) is 10.7. The van der Waals surface area contributed by atoms with Gasteiger partial charge >= 0.3 is 0 Å². The van der Waals surface area contributed by atoms with Crippen molar-refractivity contribution < 1.29 is 0 Å². The zero-order valence-electron chi connectivity index (χ0n) is 34.2. The van der Waals surface area contributed by atoms with E-state index in [-0.39, 0.29) is 0 Å². The van der Waals surface area contributed by atoms with Crippen molar-refractivity contribution in [1.82, 2.24) is 15.0 Å². The van der Waals surface area contributed by atoms with E-state index in [2.05, 4.69) is 264 Å². The van der Waals surface area contributed by atoms with Gasteiger partial charge in [-0.25, -0.2) is 15.0 Å². The molecule has 0 bridgehead atoms. The molecule has 0 unspecified atom stereocenters. The molecule has 3 nitrogen and oxygen atoms in total. The van der Waals surface area contributed by atoms with Crippen molar-refractivity contribution in [3.8, 4) is 33.6 Å². The SMILES string of the molecule is c1ccc([Si](c2ccccc2)(c2ccccc2)c2ccc(-c3cc(-c4ccc([Si](c5ccccc5)(c5ccccc5)c5ccccc5)cc4)cc(-c4ncncn4)c3)cc2)cc1. The second-order valence-electron chi connectivity index (χ2n) is 15.6. The highest BCUT2D eigenvalue weighted by Gasteiger charge is 2.42. The Morgan fingerprint density at radius 2 is 0.468 bits per heavy atom. The third-order valence-electron chi connectivity index (χ3n) is 12.2. The van der Waals surface area contributed by atoms with Gasteiger partial charge in [-0.15, -0.1) is 0 Å². The quantitative estimate of drug-likeness (QED) is 0.0996. The summed E-state index contributed by atoms with van der Waals surface area (Å²) in [6.45, 7) is 0. The van der Waals surface area contributed by atoms with E-state index in [0.29, 0.717) is 5.82 Å². The highest BCUT2D eigenvalue weighted by Crippen LogP contribution is 2.32. The normalized spacial score (nSPS) is 11.5. The molecule has 0 saturated heterocycles. The summed E-state index contributed by atoms with van der Waals surface area (Å²) in [6, 6.07) is 91.8. The zero-order chi connectivity index (χ0) is 41.6. The van der Waals surface area contributed by atoms with Crippen LogP contribution in [0.4, 0.5) is 0 Å². The number of hydrogen-bond acceptors (Lipinski definition) is 3. The highest BCUT2D eigenvalue weighted by atomic mass is 28.3. The van der Waals surface area contributed by atoms with Crippen molar-refractivity contribution in [3.05, 3.63) is 261 Å². The van der Waals surface area contributed by atoms with Crippen LogP contribution < -0.4 is 41.5 Å². The Balaban J connectivity index is 1.11. The van der Waals surface area contributed by atoms with Crippen molar-refractivity contribution >= 4 is 57.6 Å². The number of rotatable bonds is 11. The summed E-state index contributed by atoms with van der Waals surface area (Å²) in [5, 5.41) is 10.8. The lowest BCUT2D eigenvalue weighted by molar-refractivity contribution is 1.06. The van der Waals surface area contributed by atoms with Gasteiger partial charge in [0.1, 0.15) is 12.7 Å². The molecular formula is C57H43N3Si2. The fourth-order valence-corrected chi connectivity index (χ4v) is 18.9. The average Bonchev–Trinajstić information content (AvgIpc) is 3.37. The smallest absolute Gasteiger partial charge is 0.179 e. The first kappa shape index (κ1) is 38.6. The molecule has 294 valence electrons. The summed E-state index contributed by atoms with van der Waals surface area (Å²) < 4.78 is 0. The van der Waals surface area contributed by atoms with Crippen LogP contribution in [-0.2, 0) is 0 Å². The lowest BCUT2D eigenvalue weighted by Crippen LogP contribution is -2.74. The predicted octanol–water partition coefficient (Wildman–Crippen LogP) is 7.63. The molecule has 1 heterocycles. The number of aromatic nitrogens is 3. The molecule has 1 aromatic heterocycles. The molecule has 10 aromatic rings. The van der Waals surface area contributed by atoms with Gasteiger partial charge in [0.2, 0.25) is 0 Å². The van der Waals surface area contributed by atoms with E-state index in [1.165, 1.54) is 41.5 Å². The van der Waals surface area contributed by atoms with Gasteiger partial charge in [-0.3, -0.25) is 0 Å². The standard InChI is InChI=1S/C57H43N3Si2/c1-7-19-49(20-8-1)61(50-21-9-2-10-22-50,51-23-11-3-12-24-51)55-35-31-44(32-36-55)46-39-47(41-48(40-46)57-59-42-58-43-60-57)45-33-37-56(38-34-45)62(52-25-13-4-14-26-52,53-27-15-5-16-28-53)54-29-17-6-18-30-54/h1-43H. The zero-order valence-corrected chi connectivity index (χ0v) is 36.2. The molecule has 0 N–H and O–H groups in total. The summed E-state index contributed by atoms with van der Waals surface area (Å²) in [5.41, 5.74) is 5.39. The molecule has 0 saturated carbocycles. The lowest BCUT2D eigenvalue weighted by Gasteiger charge is -2.34. The van der Waals surface area contributed by atoms with E-state index < -0.39 is 16.1 Å². The molecule has 0 radical (unpaired) electrons. The molecule has 62 heavy (non-hydrogen) atoms. The minimum absolute atomic E-state index is 0.642. The molecule has 0 spiro atoms. The predicted molar refractivity (Wildman–Crippen MR) is 263 cm³/mol. The van der Waals surface area contributed by atoms with Gasteiger partial charge in [0.05, 0.1) is 0 Å². The fraction of sp³-hybridized carbons (Fsp3) is 0. The Hall–Kier alpha value is -7.58. The van der Waals surface area contributed by atoms with Crippen LogP contribution in [0.3, 0.4) is 0 Å². The number of hydrogen-bond donors (Lipinski definition) is 0. The molecule has 0 aliphatic heterocycles. The summed E-state index contributed by atoms with van der Waals surface area (Å²) in [4.78, 5) is 13.3. The molecular weight excluding hydrogens is 783 g/mol. The highest BCUT2D eigenvalue weighted by molar-refractivity contribution is 7.20. The minimum atomic E-state index is -2.67. The van der Waals surface area contributed by atoms with Crippen LogP contribution in [0.25, 0.3) is 33.6 Å². The van der Waals surface area contributed by atoms with Crippen LogP contribution in [0, 0.1) is 0 Å². The molecule has 0 fully saturated rings. The first-order chi connectivity index (χ1) is 30.7. The van der Waals surface area contributed by atoms with Crippen molar-refractivity contribution in [2.45, 2.75) is 0 Å². The monoisotopic (exact) mass is 825 g/mol. The van der Waals surface area contributed by atoms with E-state index in [0.717, 1.165) is 27.8 Å². The number of nitrogens with zero attached hydrogens (tertiary/aromatic N) is 3. The molecule has 9 aromatic carbocycles. The van der Waals surface area contributed by atoms with Crippen LogP contribution in [-0.4, -0.2) is 31.1 Å². The maximum absolute atomic E-state index is 4.60. The van der Waals surface area contributed by atoms with Crippen LogP contribution in [0.5, 0.6) is 0 Å². The lowest BCUT2D eigenvalue weighted by atomic mass is 9.96. The molecule has 0 aliphatic carbocycles. The third kappa shape index (κ3) is 7.03. The Morgan fingerprint density at radius 1 is 0.226 bits per heavy atom. The van der Waals surface area contributed by atoms with Gasteiger partial charge in [-0.05, 0) is 81.9 Å². The van der Waals surface area contributed by atoms with Gasteiger partial charge in [-0.1, -0.05) is 231 Å². The van der Waals surface area contributed by atoms with Crippen molar-refractivity contribution in [3.63, 3.8) is 0 Å². The van der Waals surface area contributed by atoms with E-state index >= 15 is 0 Å². The maximum Gasteiger partial charge on any atom is 0.179 e. The Labute approximate surface area is 365 Å². The first-order valence-corrected chi connectivity index (χ1v) is 25.1. The summed E-state index contributed by atoms with van der Waals surface area (Å²) in [7, 11) is -5.34. The van der Waals surface area contributed by atoms with Crippen molar-refractivity contribution in [1.29, 1.82) is 0 Å². The van der Waals surface area contributed by atoms with Gasteiger partial charge in [-0.2, -0.15) is 0 Å². The van der Waals surface area contributed by atoms with Gasteiger partial charge in [0.25, 0.3) is 0 Å². The minimum Gasteiger partial charge on any atom is -0.225 e. The second kappa shape index (κ2) is 17.2. The molecule has 5 heteroatoms.